The maximum atomic E-state index is 4.65. The van der Waals surface area contributed by atoms with Gasteiger partial charge >= 0.3 is 0 Å². The van der Waals surface area contributed by atoms with Crippen molar-refractivity contribution in [2.45, 2.75) is 52.6 Å². The quantitative estimate of drug-likeness (QED) is 0.382. The second-order valence-corrected chi connectivity index (χ2v) is 6.28. The predicted molar refractivity (Wildman–Crippen MR) is 114 cm³/mol. The molecule has 1 aliphatic rings. The first kappa shape index (κ1) is 21.2. The molecule has 2 rings (SSSR count). The second-order valence-electron chi connectivity index (χ2n) is 6.28. The molecule has 0 atom stereocenters. The molecule has 136 valence electrons. The number of piperidine rings is 1. The maximum Gasteiger partial charge on any atom is 0.191 e. The minimum absolute atomic E-state index is 0. The van der Waals surface area contributed by atoms with Gasteiger partial charge in [0.05, 0.1) is 6.54 Å². The number of halogens is 1. The average molecular weight is 444 g/mol. The zero-order valence-electron chi connectivity index (χ0n) is 15.2. The van der Waals surface area contributed by atoms with Crippen molar-refractivity contribution < 1.29 is 0 Å². The number of likely N-dealkylation sites (tertiary alicyclic amines) is 1. The van der Waals surface area contributed by atoms with Crippen LogP contribution in [0.5, 0.6) is 0 Å². The van der Waals surface area contributed by atoms with E-state index < -0.39 is 0 Å². The fourth-order valence-electron chi connectivity index (χ4n) is 2.88. The van der Waals surface area contributed by atoms with Gasteiger partial charge in [-0.05, 0) is 50.4 Å². The Kier molecular flexibility index (Phi) is 11.1. The van der Waals surface area contributed by atoms with E-state index in [4.69, 9.17) is 0 Å². The van der Waals surface area contributed by atoms with E-state index in [9.17, 15) is 0 Å². The van der Waals surface area contributed by atoms with E-state index in [1.807, 2.05) is 0 Å². The minimum atomic E-state index is 0. The fraction of sp³-hybridized carbons (Fsp3) is 0.632. The Bertz CT molecular complexity index is 467. The summed E-state index contributed by atoms with van der Waals surface area (Å²) < 4.78 is 0. The van der Waals surface area contributed by atoms with Crippen LogP contribution < -0.4 is 10.6 Å². The number of nitrogens with zero attached hydrogens (tertiary/aromatic N) is 2. The molecule has 5 heteroatoms. The summed E-state index contributed by atoms with van der Waals surface area (Å²) in [5, 5.41) is 6.62. The van der Waals surface area contributed by atoms with Crippen LogP contribution in [-0.2, 0) is 13.1 Å². The first-order valence-electron chi connectivity index (χ1n) is 9.14. The zero-order chi connectivity index (χ0) is 16.3. The number of nitrogens with one attached hydrogen (secondary N) is 2. The topological polar surface area (TPSA) is 39.7 Å². The molecular formula is C19H33IN4. The summed E-state index contributed by atoms with van der Waals surface area (Å²) in [6, 6.07) is 8.94. The molecule has 0 aliphatic carbocycles. The van der Waals surface area contributed by atoms with E-state index in [0.717, 1.165) is 38.6 Å². The van der Waals surface area contributed by atoms with Crippen LogP contribution in [0.2, 0.25) is 0 Å². The van der Waals surface area contributed by atoms with Crippen LogP contribution in [0.15, 0.2) is 29.3 Å². The molecule has 0 saturated carbocycles. The molecular weight excluding hydrogens is 411 g/mol. The lowest BCUT2D eigenvalue weighted by atomic mass is 10.1. The highest BCUT2D eigenvalue weighted by molar-refractivity contribution is 14.0. The maximum absolute atomic E-state index is 4.65. The van der Waals surface area contributed by atoms with E-state index in [2.05, 4.69) is 58.6 Å². The third-order valence-corrected chi connectivity index (χ3v) is 4.18. The van der Waals surface area contributed by atoms with Crippen molar-refractivity contribution in [3.05, 3.63) is 35.4 Å². The van der Waals surface area contributed by atoms with Gasteiger partial charge in [0.2, 0.25) is 0 Å². The summed E-state index contributed by atoms with van der Waals surface area (Å²) >= 11 is 0. The van der Waals surface area contributed by atoms with Crippen molar-refractivity contribution in [1.29, 1.82) is 0 Å². The van der Waals surface area contributed by atoms with Crippen LogP contribution in [0.25, 0.3) is 0 Å². The SMILES string of the molecule is CCCNC(=NCc1ccc(CN2CCCCC2)cc1)NCC.I. The zero-order valence-corrected chi connectivity index (χ0v) is 17.5. The van der Waals surface area contributed by atoms with Gasteiger partial charge in [0.1, 0.15) is 0 Å². The first-order chi connectivity index (χ1) is 11.3. The monoisotopic (exact) mass is 444 g/mol. The Labute approximate surface area is 164 Å². The molecule has 2 N–H and O–H groups in total. The van der Waals surface area contributed by atoms with Crippen LogP contribution in [0, 0.1) is 0 Å². The fourth-order valence-corrected chi connectivity index (χ4v) is 2.88. The first-order valence-corrected chi connectivity index (χ1v) is 9.14. The highest BCUT2D eigenvalue weighted by atomic mass is 127. The van der Waals surface area contributed by atoms with Gasteiger partial charge in [0.15, 0.2) is 5.96 Å². The summed E-state index contributed by atoms with van der Waals surface area (Å²) in [6.45, 7) is 10.4. The largest absolute Gasteiger partial charge is 0.357 e. The summed E-state index contributed by atoms with van der Waals surface area (Å²) in [6.07, 6.45) is 5.21. The molecule has 1 aromatic carbocycles. The molecule has 0 aromatic heterocycles. The molecule has 24 heavy (non-hydrogen) atoms. The number of benzene rings is 1. The van der Waals surface area contributed by atoms with Gasteiger partial charge in [-0.25, -0.2) is 4.99 Å². The minimum Gasteiger partial charge on any atom is -0.357 e. The van der Waals surface area contributed by atoms with Gasteiger partial charge in [0, 0.05) is 19.6 Å². The van der Waals surface area contributed by atoms with E-state index >= 15 is 0 Å². The molecule has 4 nitrogen and oxygen atoms in total. The Hall–Kier alpha value is -0.820. The molecule has 1 aromatic rings. The molecule has 0 spiro atoms. The molecule has 1 saturated heterocycles. The van der Waals surface area contributed by atoms with E-state index in [0.29, 0.717) is 0 Å². The van der Waals surface area contributed by atoms with Crippen LogP contribution in [-0.4, -0.2) is 37.0 Å². The van der Waals surface area contributed by atoms with Gasteiger partial charge in [-0.1, -0.05) is 37.6 Å². The molecule has 0 radical (unpaired) electrons. The smallest absolute Gasteiger partial charge is 0.191 e. The van der Waals surface area contributed by atoms with Gasteiger partial charge in [-0.15, -0.1) is 24.0 Å². The lowest BCUT2D eigenvalue weighted by Crippen LogP contribution is -2.37. The number of hydrogen-bond donors (Lipinski definition) is 2. The van der Waals surface area contributed by atoms with Crippen LogP contribution in [0.1, 0.15) is 50.7 Å². The number of rotatable bonds is 7. The molecule has 1 aliphatic heterocycles. The summed E-state index contributed by atoms with van der Waals surface area (Å²) in [5.41, 5.74) is 2.68. The Morgan fingerprint density at radius 3 is 2.29 bits per heavy atom. The Morgan fingerprint density at radius 2 is 1.67 bits per heavy atom. The number of hydrogen-bond acceptors (Lipinski definition) is 2. The Morgan fingerprint density at radius 1 is 1.00 bits per heavy atom. The van der Waals surface area contributed by atoms with Gasteiger partial charge in [-0.2, -0.15) is 0 Å². The summed E-state index contributed by atoms with van der Waals surface area (Å²) in [4.78, 5) is 7.21. The van der Waals surface area contributed by atoms with Crippen molar-refractivity contribution in [2.24, 2.45) is 4.99 Å². The van der Waals surface area contributed by atoms with Crippen molar-refractivity contribution >= 4 is 29.9 Å². The lowest BCUT2D eigenvalue weighted by molar-refractivity contribution is 0.221. The van der Waals surface area contributed by atoms with Crippen molar-refractivity contribution in [2.75, 3.05) is 26.2 Å². The van der Waals surface area contributed by atoms with Crippen LogP contribution in [0.3, 0.4) is 0 Å². The molecule has 0 amide bonds. The highest BCUT2D eigenvalue weighted by Crippen LogP contribution is 2.13. The number of guanidine groups is 1. The molecule has 1 fully saturated rings. The third kappa shape index (κ3) is 7.83. The standard InChI is InChI=1S/C19H32N4.HI/c1-3-12-21-19(20-4-2)22-15-17-8-10-18(11-9-17)16-23-13-6-5-7-14-23;/h8-11H,3-7,12-16H2,1-2H3,(H2,20,21,22);1H. The van der Waals surface area contributed by atoms with Crippen molar-refractivity contribution in [1.82, 2.24) is 15.5 Å². The Balaban J connectivity index is 0.00000288. The van der Waals surface area contributed by atoms with E-state index in [1.54, 1.807) is 0 Å². The normalized spacial score (nSPS) is 15.7. The van der Waals surface area contributed by atoms with Crippen LogP contribution >= 0.6 is 24.0 Å². The van der Waals surface area contributed by atoms with Crippen molar-refractivity contribution in [3.63, 3.8) is 0 Å². The van der Waals surface area contributed by atoms with Gasteiger partial charge < -0.3 is 10.6 Å². The lowest BCUT2D eigenvalue weighted by Gasteiger charge is -2.26. The molecule has 1 heterocycles. The molecule has 0 bridgehead atoms. The van der Waals surface area contributed by atoms with E-state index in [1.165, 1.54) is 43.5 Å². The summed E-state index contributed by atoms with van der Waals surface area (Å²) in [5.74, 6) is 0.909. The van der Waals surface area contributed by atoms with Gasteiger partial charge in [0.25, 0.3) is 0 Å². The average Bonchev–Trinajstić information content (AvgIpc) is 2.59. The van der Waals surface area contributed by atoms with Crippen molar-refractivity contribution in [3.8, 4) is 0 Å². The van der Waals surface area contributed by atoms with E-state index in [-0.39, 0.29) is 24.0 Å². The number of aliphatic imine (C=N–C) groups is 1. The second kappa shape index (κ2) is 12.5. The van der Waals surface area contributed by atoms with Crippen LogP contribution in [0.4, 0.5) is 0 Å². The summed E-state index contributed by atoms with van der Waals surface area (Å²) in [7, 11) is 0. The highest BCUT2D eigenvalue weighted by Gasteiger charge is 2.10. The predicted octanol–water partition coefficient (Wildman–Crippen LogP) is 3.76. The third-order valence-electron chi connectivity index (χ3n) is 4.18. The van der Waals surface area contributed by atoms with Gasteiger partial charge in [-0.3, -0.25) is 4.90 Å². The molecule has 0 unspecified atom stereocenters.